The van der Waals surface area contributed by atoms with Crippen LogP contribution in [0.1, 0.15) is 10.5 Å². The number of hydrogen-bond donors (Lipinski definition) is 1. The molecular weight excluding hydrogens is 319 g/mol. The second-order valence-corrected chi connectivity index (χ2v) is 4.35. The Morgan fingerprint density at radius 2 is 2.06 bits per heavy atom. The Morgan fingerprint density at radius 3 is 2.75 bits per heavy atom. The van der Waals surface area contributed by atoms with Gasteiger partial charge in [0.05, 0.1) is 5.69 Å². The molecule has 1 heterocycles. The lowest BCUT2D eigenvalue weighted by Crippen LogP contribution is -2.01. The second kappa shape index (κ2) is 4.56. The van der Waals surface area contributed by atoms with Crippen LogP contribution in [0.15, 0.2) is 36.7 Å². The zero-order valence-corrected chi connectivity index (χ0v) is 10.2. The average Bonchev–Trinajstić information content (AvgIpc) is 2.29. The smallest absolute Gasteiger partial charge is 0.354 e. The van der Waals surface area contributed by atoms with Crippen molar-refractivity contribution in [2.24, 2.45) is 0 Å². The van der Waals surface area contributed by atoms with Crippen molar-refractivity contribution in [3.05, 3.63) is 45.9 Å². The molecule has 0 aliphatic rings. The molecule has 0 aliphatic carbocycles. The second-order valence-electron chi connectivity index (χ2n) is 3.10. The van der Waals surface area contributed by atoms with E-state index in [1.165, 1.54) is 12.4 Å². The lowest BCUT2D eigenvalue weighted by molar-refractivity contribution is 0.0690. The number of halogens is 1. The monoisotopic (exact) mass is 326 g/mol. The minimum atomic E-state index is -1.05. The molecule has 0 unspecified atom stereocenters. The van der Waals surface area contributed by atoms with Crippen LogP contribution in [0.4, 0.5) is 0 Å². The predicted octanol–water partition coefficient (Wildman–Crippen LogP) is 2.45. The van der Waals surface area contributed by atoms with Crippen molar-refractivity contribution in [2.75, 3.05) is 0 Å². The number of carbonyl (C=O) groups is 1. The van der Waals surface area contributed by atoms with Gasteiger partial charge in [-0.25, -0.2) is 14.8 Å². The van der Waals surface area contributed by atoms with Crippen molar-refractivity contribution in [3.8, 4) is 11.3 Å². The normalized spacial score (nSPS) is 10.1. The third-order valence-corrected chi connectivity index (χ3v) is 2.68. The van der Waals surface area contributed by atoms with Crippen molar-refractivity contribution in [1.29, 1.82) is 0 Å². The van der Waals surface area contributed by atoms with Crippen molar-refractivity contribution < 1.29 is 9.90 Å². The van der Waals surface area contributed by atoms with E-state index in [0.717, 1.165) is 9.13 Å². The molecule has 16 heavy (non-hydrogen) atoms. The summed E-state index contributed by atoms with van der Waals surface area (Å²) in [5, 5.41) is 8.82. The molecule has 4 nitrogen and oxygen atoms in total. The Morgan fingerprint density at radius 1 is 1.25 bits per heavy atom. The highest BCUT2D eigenvalue weighted by Gasteiger charge is 2.07. The zero-order valence-electron chi connectivity index (χ0n) is 8.09. The summed E-state index contributed by atoms with van der Waals surface area (Å²) >= 11 is 2.19. The first-order chi connectivity index (χ1) is 7.66. The van der Waals surface area contributed by atoms with E-state index in [9.17, 15) is 4.79 Å². The van der Waals surface area contributed by atoms with Crippen molar-refractivity contribution in [2.45, 2.75) is 0 Å². The van der Waals surface area contributed by atoms with Crippen molar-refractivity contribution >= 4 is 28.6 Å². The molecule has 5 heteroatoms. The summed E-state index contributed by atoms with van der Waals surface area (Å²) in [7, 11) is 0. The number of carboxylic acid groups (broad SMARTS) is 1. The lowest BCUT2D eigenvalue weighted by atomic mass is 10.1. The first-order valence-corrected chi connectivity index (χ1v) is 5.56. The van der Waals surface area contributed by atoms with E-state index in [1.54, 1.807) is 0 Å². The van der Waals surface area contributed by atoms with E-state index >= 15 is 0 Å². The average molecular weight is 326 g/mol. The van der Waals surface area contributed by atoms with Crippen LogP contribution < -0.4 is 0 Å². The van der Waals surface area contributed by atoms with Crippen molar-refractivity contribution in [1.82, 2.24) is 9.97 Å². The lowest BCUT2D eigenvalue weighted by Gasteiger charge is -2.01. The molecule has 0 saturated carbocycles. The molecule has 0 atom stereocenters. The van der Waals surface area contributed by atoms with E-state index in [2.05, 4.69) is 32.6 Å². The van der Waals surface area contributed by atoms with Gasteiger partial charge in [0.2, 0.25) is 0 Å². The Kier molecular flexibility index (Phi) is 3.14. The van der Waals surface area contributed by atoms with E-state index in [0.29, 0.717) is 5.69 Å². The SMILES string of the molecule is O=C(O)c1cc(-c2cccc(I)c2)ncn1. The summed E-state index contributed by atoms with van der Waals surface area (Å²) in [4.78, 5) is 18.5. The van der Waals surface area contributed by atoms with Gasteiger partial charge in [0, 0.05) is 9.13 Å². The molecule has 0 aliphatic heterocycles. The fourth-order valence-corrected chi connectivity index (χ4v) is 1.82. The molecule has 1 N–H and O–H groups in total. The molecular formula is C11H7IN2O2. The van der Waals surface area contributed by atoms with Gasteiger partial charge in [0.1, 0.15) is 6.33 Å². The Hall–Kier alpha value is -1.50. The highest BCUT2D eigenvalue weighted by atomic mass is 127. The van der Waals surface area contributed by atoms with Gasteiger partial charge in [-0.15, -0.1) is 0 Å². The van der Waals surface area contributed by atoms with Crippen LogP contribution in [0.3, 0.4) is 0 Å². The number of carboxylic acids is 1. The number of aromatic nitrogens is 2. The molecule has 2 rings (SSSR count). The molecule has 80 valence electrons. The third-order valence-electron chi connectivity index (χ3n) is 2.01. The largest absolute Gasteiger partial charge is 0.477 e. The molecule has 0 fully saturated rings. The minimum Gasteiger partial charge on any atom is -0.477 e. The van der Waals surface area contributed by atoms with Gasteiger partial charge in [-0.1, -0.05) is 12.1 Å². The fraction of sp³-hybridized carbons (Fsp3) is 0. The standard InChI is InChI=1S/C11H7IN2O2/c12-8-3-1-2-7(4-8)9-5-10(11(15)16)14-6-13-9/h1-6H,(H,15,16). The van der Waals surface area contributed by atoms with Crippen LogP contribution in [0.2, 0.25) is 0 Å². The van der Waals surface area contributed by atoms with E-state index in [1.807, 2.05) is 24.3 Å². The summed E-state index contributed by atoms with van der Waals surface area (Å²) in [5.74, 6) is -1.05. The fourth-order valence-electron chi connectivity index (χ4n) is 1.28. The maximum Gasteiger partial charge on any atom is 0.354 e. The van der Waals surface area contributed by atoms with Crippen LogP contribution >= 0.6 is 22.6 Å². The van der Waals surface area contributed by atoms with Gasteiger partial charge in [-0.2, -0.15) is 0 Å². The summed E-state index contributed by atoms with van der Waals surface area (Å²) in [5.41, 5.74) is 1.51. The maximum atomic E-state index is 10.8. The highest BCUT2D eigenvalue weighted by molar-refractivity contribution is 14.1. The summed E-state index contributed by atoms with van der Waals surface area (Å²) in [6, 6.07) is 9.15. The Labute approximate surface area is 106 Å². The van der Waals surface area contributed by atoms with E-state index in [-0.39, 0.29) is 5.69 Å². The quantitative estimate of drug-likeness (QED) is 0.861. The number of benzene rings is 1. The van der Waals surface area contributed by atoms with Gasteiger partial charge in [0.25, 0.3) is 0 Å². The van der Waals surface area contributed by atoms with E-state index < -0.39 is 5.97 Å². The van der Waals surface area contributed by atoms with Crippen molar-refractivity contribution in [3.63, 3.8) is 0 Å². The first kappa shape index (κ1) is 11.0. The van der Waals surface area contributed by atoms with Gasteiger partial charge in [-0.3, -0.25) is 0 Å². The van der Waals surface area contributed by atoms with Gasteiger partial charge >= 0.3 is 5.97 Å². The predicted molar refractivity (Wildman–Crippen MR) is 67.1 cm³/mol. The molecule has 1 aromatic heterocycles. The summed E-state index contributed by atoms with van der Waals surface area (Å²) in [6.45, 7) is 0. The molecule has 0 radical (unpaired) electrons. The summed E-state index contributed by atoms with van der Waals surface area (Å²) in [6.07, 6.45) is 1.26. The zero-order chi connectivity index (χ0) is 11.5. The molecule has 0 saturated heterocycles. The molecule has 1 aromatic carbocycles. The highest BCUT2D eigenvalue weighted by Crippen LogP contribution is 2.19. The number of rotatable bonds is 2. The minimum absolute atomic E-state index is 0.00358. The van der Waals surface area contributed by atoms with Crippen LogP contribution in [0, 0.1) is 3.57 Å². The van der Waals surface area contributed by atoms with Crippen LogP contribution in [0.5, 0.6) is 0 Å². The topological polar surface area (TPSA) is 63.1 Å². The first-order valence-electron chi connectivity index (χ1n) is 4.48. The Bertz CT molecular complexity index is 543. The number of aromatic carboxylic acids is 1. The van der Waals surface area contributed by atoms with Gasteiger partial charge in [0.15, 0.2) is 5.69 Å². The van der Waals surface area contributed by atoms with E-state index in [4.69, 9.17) is 5.11 Å². The van der Waals surface area contributed by atoms with Gasteiger partial charge in [-0.05, 0) is 40.8 Å². The maximum absolute atomic E-state index is 10.8. The van der Waals surface area contributed by atoms with Gasteiger partial charge < -0.3 is 5.11 Å². The summed E-state index contributed by atoms with van der Waals surface area (Å²) < 4.78 is 1.07. The number of hydrogen-bond acceptors (Lipinski definition) is 3. The molecule has 0 bridgehead atoms. The molecule has 0 spiro atoms. The molecule has 2 aromatic rings. The molecule has 0 amide bonds. The third kappa shape index (κ3) is 2.35. The number of nitrogens with zero attached hydrogens (tertiary/aromatic N) is 2. The van der Waals surface area contributed by atoms with Crippen LogP contribution in [0.25, 0.3) is 11.3 Å². The van der Waals surface area contributed by atoms with Crippen LogP contribution in [-0.2, 0) is 0 Å². The van der Waals surface area contributed by atoms with Crippen LogP contribution in [-0.4, -0.2) is 21.0 Å². The Balaban J connectivity index is 2.48.